The van der Waals surface area contributed by atoms with Gasteiger partial charge in [0.25, 0.3) is 0 Å². The quantitative estimate of drug-likeness (QED) is 0.423. The Kier molecular flexibility index (Phi) is 4.14. The van der Waals surface area contributed by atoms with Gasteiger partial charge < -0.3 is 5.32 Å². The fourth-order valence-electron chi connectivity index (χ4n) is 3.18. The Balaban J connectivity index is 1.71. The Hall–Kier alpha value is -2.45. The summed E-state index contributed by atoms with van der Waals surface area (Å²) in [6, 6.07) is 25.9. The fraction of sp³-hybridized carbons (Fsp3) is 0.0909. The minimum Gasteiger partial charge on any atom is -0.354 e. The molecule has 0 bridgehead atoms. The van der Waals surface area contributed by atoms with Gasteiger partial charge in [0.05, 0.1) is 11.4 Å². The second-order valence-electron chi connectivity index (χ2n) is 5.97. The third-order valence-electron chi connectivity index (χ3n) is 4.39. The van der Waals surface area contributed by atoms with Crippen LogP contribution < -0.4 is 5.32 Å². The summed E-state index contributed by atoms with van der Waals surface area (Å²) in [5.41, 5.74) is 5.06. The molecule has 0 spiro atoms. The van der Waals surface area contributed by atoms with E-state index in [-0.39, 0.29) is 0 Å². The number of allylic oxidation sites excluding steroid dienone is 1. The van der Waals surface area contributed by atoms with Crippen LogP contribution in [0.25, 0.3) is 0 Å². The number of nitrogens with one attached hydrogen (secondary N) is 1. The lowest BCUT2D eigenvalue weighted by molar-refractivity contribution is 0.827. The van der Waals surface area contributed by atoms with Crippen molar-refractivity contribution >= 4 is 23.1 Å². The fourth-order valence-corrected chi connectivity index (χ4v) is 4.22. The number of benzene rings is 3. The highest BCUT2D eigenvalue weighted by Gasteiger charge is 2.18. The molecule has 2 heteroatoms. The summed E-state index contributed by atoms with van der Waals surface area (Å²) in [5.74, 6) is 0.353. The molecule has 0 saturated carbocycles. The molecule has 3 aromatic rings. The summed E-state index contributed by atoms with van der Waals surface area (Å²) in [5, 5.41) is 3.54. The minimum atomic E-state index is 0.353. The summed E-state index contributed by atoms with van der Waals surface area (Å²) < 4.78 is 0. The molecule has 1 atom stereocenters. The highest BCUT2D eigenvalue weighted by atomic mass is 32.2. The molecule has 0 radical (unpaired) electrons. The van der Waals surface area contributed by atoms with Crippen LogP contribution in [0.2, 0.25) is 0 Å². The first-order chi connectivity index (χ1) is 11.8. The molecule has 24 heavy (non-hydrogen) atoms. The molecule has 1 aliphatic heterocycles. The van der Waals surface area contributed by atoms with Crippen molar-refractivity contribution in [3.63, 3.8) is 0 Å². The van der Waals surface area contributed by atoms with E-state index in [0.29, 0.717) is 5.92 Å². The number of hydrogen-bond donors (Lipinski definition) is 1. The van der Waals surface area contributed by atoms with Crippen LogP contribution in [0.15, 0.2) is 95.2 Å². The normalized spacial score (nSPS) is 13.3. The monoisotopic (exact) mass is 329 g/mol. The van der Waals surface area contributed by atoms with Crippen LogP contribution in [0.1, 0.15) is 23.5 Å². The number of anilines is 2. The van der Waals surface area contributed by atoms with E-state index < -0.39 is 0 Å². The summed E-state index contributed by atoms with van der Waals surface area (Å²) in [6.07, 6.45) is 2.95. The largest absolute Gasteiger partial charge is 0.354 e. The van der Waals surface area contributed by atoms with E-state index >= 15 is 0 Å². The van der Waals surface area contributed by atoms with Crippen molar-refractivity contribution in [2.75, 3.05) is 5.32 Å². The maximum absolute atomic E-state index is 3.95. The molecule has 1 aliphatic rings. The third kappa shape index (κ3) is 2.85. The van der Waals surface area contributed by atoms with Crippen molar-refractivity contribution in [1.29, 1.82) is 0 Å². The molecule has 0 fully saturated rings. The third-order valence-corrected chi connectivity index (χ3v) is 5.52. The van der Waals surface area contributed by atoms with Gasteiger partial charge in [-0.2, -0.15) is 0 Å². The van der Waals surface area contributed by atoms with E-state index in [1.165, 1.54) is 32.3 Å². The molecule has 1 heterocycles. The van der Waals surface area contributed by atoms with Crippen molar-refractivity contribution < 1.29 is 0 Å². The van der Waals surface area contributed by atoms with Gasteiger partial charge in [-0.05, 0) is 41.8 Å². The SMILES string of the molecule is C=CCC(c1ccccc1)c1ccc2c(c1)Sc1ccccc1N2. The summed E-state index contributed by atoms with van der Waals surface area (Å²) in [7, 11) is 0. The molecule has 3 aromatic carbocycles. The highest BCUT2D eigenvalue weighted by molar-refractivity contribution is 7.99. The Bertz CT molecular complexity index is 870. The molecule has 0 saturated heterocycles. The van der Waals surface area contributed by atoms with Crippen molar-refractivity contribution in [2.45, 2.75) is 22.1 Å². The van der Waals surface area contributed by atoms with Gasteiger partial charge in [0.2, 0.25) is 0 Å². The summed E-state index contributed by atoms with van der Waals surface area (Å²) >= 11 is 1.84. The number of rotatable bonds is 4. The number of para-hydroxylation sites is 1. The zero-order valence-corrected chi connectivity index (χ0v) is 14.2. The zero-order chi connectivity index (χ0) is 16.4. The summed E-state index contributed by atoms with van der Waals surface area (Å²) in [6.45, 7) is 3.95. The molecule has 0 amide bonds. The lowest BCUT2D eigenvalue weighted by Gasteiger charge is -2.23. The average molecular weight is 329 g/mol. The molecule has 1 nitrogen and oxygen atoms in total. The molecule has 4 rings (SSSR count). The molecule has 0 aromatic heterocycles. The zero-order valence-electron chi connectivity index (χ0n) is 13.4. The molecular formula is C22H19NS. The topological polar surface area (TPSA) is 12.0 Å². The van der Waals surface area contributed by atoms with E-state index in [9.17, 15) is 0 Å². The van der Waals surface area contributed by atoms with E-state index in [1.54, 1.807) is 0 Å². The first-order valence-corrected chi connectivity index (χ1v) is 9.00. The lowest BCUT2D eigenvalue weighted by Crippen LogP contribution is -2.04. The lowest BCUT2D eigenvalue weighted by atomic mass is 9.88. The smallest absolute Gasteiger partial charge is 0.0526 e. The van der Waals surface area contributed by atoms with Gasteiger partial charge in [-0.1, -0.05) is 66.4 Å². The highest BCUT2D eigenvalue weighted by Crippen LogP contribution is 2.45. The Morgan fingerprint density at radius 3 is 2.42 bits per heavy atom. The predicted octanol–water partition coefficient (Wildman–Crippen LogP) is 6.60. The first-order valence-electron chi connectivity index (χ1n) is 8.19. The Morgan fingerprint density at radius 1 is 0.833 bits per heavy atom. The Morgan fingerprint density at radius 2 is 1.58 bits per heavy atom. The molecule has 1 unspecified atom stereocenters. The van der Waals surface area contributed by atoms with Gasteiger partial charge in [-0.15, -0.1) is 6.58 Å². The van der Waals surface area contributed by atoms with Gasteiger partial charge in [-0.3, -0.25) is 0 Å². The van der Waals surface area contributed by atoms with Crippen LogP contribution in [-0.2, 0) is 0 Å². The second kappa shape index (κ2) is 6.58. The van der Waals surface area contributed by atoms with Crippen LogP contribution in [0.5, 0.6) is 0 Å². The standard InChI is InChI=1S/C22H19NS/c1-2-8-18(16-9-4-3-5-10-16)17-13-14-20-22(15-17)24-21-12-7-6-11-19(21)23-20/h2-7,9-15,18,23H,1,8H2. The van der Waals surface area contributed by atoms with Crippen molar-refractivity contribution in [3.8, 4) is 0 Å². The minimum absolute atomic E-state index is 0.353. The predicted molar refractivity (Wildman–Crippen MR) is 103 cm³/mol. The van der Waals surface area contributed by atoms with Gasteiger partial charge >= 0.3 is 0 Å². The maximum Gasteiger partial charge on any atom is 0.0526 e. The van der Waals surface area contributed by atoms with E-state index in [4.69, 9.17) is 0 Å². The van der Waals surface area contributed by atoms with E-state index in [2.05, 4.69) is 84.7 Å². The molecular weight excluding hydrogens is 310 g/mol. The summed E-state index contributed by atoms with van der Waals surface area (Å²) in [4.78, 5) is 2.57. The molecule has 118 valence electrons. The average Bonchev–Trinajstić information content (AvgIpc) is 2.64. The van der Waals surface area contributed by atoms with Gasteiger partial charge in [0.1, 0.15) is 0 Å². The van der Waals surface area contributed by atoms with Crippen molar-refractivity contribution in [3.05, 3.63) is 96.6 Å². The Labute approximate surface area is 147 Å². The maximum atomic E-state index is 3.95. The number of hydrogen-bond acceptors (Lipinski definition) is 2. The van der Waals surface area contributed by atoms with Crippen LogP contribution >= 0.6 is 11.8 Å². The van der Waals surface area contributed by atoms with E-state index in [1.807, 2.05) is 17.8 Å². The van der Waals surface area contributed by atoms with Gasteiger partial charge in [0.15, 0.2) is 0 Å². The molecule has 0 aliphatic carbocycles. The van der Waals surface area contributed by atoms with Gasteiger partial charge in [-0.25, -0.2) is 0 Å². The van der Waals surface area contributed by atoms with Crippen molar-refractivity contribution in [2.24, 2.45) is 0 Å². The van der Waals surface area contributed by atoms with Crippen LogP contribution in [0.3, 0.4) is 0 Å². The first kappa shape index (κ1) is 15.1. The molecule has 1 N–H and O–H groups in total. The van der Waals surface area contributed by atoms with E-state index in [0.717, 1.165) is 6.42 Å². The van der Waals surface area contributed by atoms with Crippen molar-refractivity contribution in [1.82, 2.24) is 0 Å². The van der Waals surface area contributed by atoms with Crippen LogP contribution in [0, 0.1) is 0 Å². The number of fused-ring (bicyclic) bond motifs is 2. The van der Waals surface area contributed by atoms with Crippen LogP contribution in [0.4, 0.5) is 11.4 Å². The second-order valence-corrected chi connectivity index (χ2v) is 7.05. The van der Waals surface area contributed by atoms with Crippen LogP contribution in [-0.4, -0.2) is 0 Å². The van der Waals surface area contributed by atoms with Gasteiger partial charge in [0, 0.05) is 15.7 Å².